The van der Waals surface area contributed by atoms with Gasteiger partial charge in [-0.15, -0.1) is 0 Å². The molecule has 0 heterocycles. The molecule has 1 nitrogen and oxygen atoms in total. The van der Waals surface area contributed by atoms with E-state index in [-0.39, 0.29) is 0 Å². The molecule has 2 heteroatoms. The molecule has 0 radical (unpaired) electrons. The summed E-state index contributed by atoms with van der Waals surface area (Å²) < 4.78 is 0. The second-order valence-electron chi connectivity index (χ2n) is 5.49. The van der Waals surface area contributed by atoms with Gasteiger partial charge in [-0.2, -0.15) is 0 Å². The first-order chi connectivity index (χ1) is 8.09. The maximum Gasteiger partial charge on any atom is 0.0666 e. The lowest BCUT2D eigenvalue weighted by Gasteiger charge is -2.36. The first-order valence-electron chi connectivity index (χ1n) is 6.61. The van der Waals surface area contributed by atoms with E-state index in [0.717, 1.165) is 28.1 Å². The molecule has 2 unspecified atom stereocenters. The lowest BCUT2D eigenvalue weighted by atomic mass is 9.78. The lowest BCUT2D eigenvalue weighted by molar-refractivity contribution is 0.268. The summed E-state index contributed by atoms with van der Waals surface area (Å²) in [4.78, 5) is 0. The zero-order chi connectivity index (χ0) is 12.4. The van der Waals surface area contributed by atoms with Crippen LogP contribution in [0, 0.1) is 18.8 Å². The van der Waals surface area contributed by atoms with Gasteiger partial charge in [-0.05, 0) is 43.2 Å². The topological polar surface area (TPSA) is 12.0 Å². The molecule has 0 aliphatic heterocycles. The van der Waals surface area contributed by atoms with Crippen molar-refractivity contribution < 1.29 is 0 Å². The molecule has 1 aromatic rings. The molecule has 1 aliphatic carbocycles. The van der Waals surface area contributed by atoms with E-state index in [1.54, 1.807) is 0 Å². The molecule has 0 spiro atoms. The largest absolute Gasteiger partial charge is 0.381 e. The third-order valence-corrected chi connectivity index (χ3v) is 4.56. The summed E-state index contributed by atoms with van der Waals surface area (Å²) in [7, 11) is 0. The highest BCUT2D eigenvalue weighted by atomic mass is 35.5. The molecule has 17 heavy (non-hydrogen) atoms. The van der Waals surface area contributed by atoms with Crippen LogP contribution in [0.2, 0.25) is 5.02 Å². The lowest BCUT2D eigenvalue weighted by Crippen LogP contribution is -2.37. The fourth-order valence-corrected chi connectivity index (χ4v) is 3.09. The zero-order valence-electron chi connectivity index (χ0n) is 11.0. The van der Waals surface area contributed by atoms with Crippen LogP contribution in [0.4, 0.5) is 5.69 Å². The van der Waals surface area contributed by atoms with Crippen molar-refractivity contribution in [2.75, 3.05) is 5.32 Å². The number of aryl methyl sites for hydroxylation is 1. The predicted molar refractivity (Wildman–Crippen MR) is 75.8 cm³/mol. The van der Waals surface area contributed by atoms with E-state index in [9.17, 15) is 0 Å². The number of halogens is 1. The van der Waals surface area contributed by atoms with Gasteiger partial charge in [-0.25, -0.2) is 0 Å². The van der Waals surface area contributed by atoms with Crippen molar-refractivity contribution in [3.05, 3.63) is 28.8 Å². The van der Waals surface area contributed by atoms with Gasteiger partial charge in [0.15, 0.2) is 0 Å². The summed E-state index contributed by atoms with van der Waals surface area (Å²) in [6.45, 7) is 6.75. The van der Waals surface area contributed by atoms with Crippen LogP contribution < -0.4 is 5.32 Å². The summed E-state index contributed by atoms with van der Waals surface area (Å²) in [6, 6.07) is 6.77. The molecule has 0 aromatic heterocycles. The maximum atomic E-state index is 6.35. The number of anilines is 1. The van der Waals surface area contributed by atoms with Gasteiger partial charge >= 0.3 is 0 Å². The van der Waals surface area contributed by atoms with Crippen molar-refractivity contribution in [3.63, 3.8) is 0 Å². The summed E-state index contributed by atoms with van der Waals surface area (Å²) in [5.41, 5.74) is 2.24. The second kappa shape index (κ2) is 5.30. The monoisotopic (exact) mass is 251 g/mol. The molecule has 2 atom stereocenters. The Morgan fingerprint density at radius 3 is 2.47 bits per heavy atom. The van der Waals surface area contributed by atoms with Crippen molar-refractivity contribution in [2.45, 2.75) is 46.1 Å². The minimum atomic E-state index is 0.558. The van der Waals surface area contributed by atoms with E-state index in [4.69, 9.17) is 11.6 Å². The third kappa shape index (κ3) is 2.77. The Labute approximate surface area is 110 Å². The molecule has 94 valence electrons. The molecule has 1 aromatic carbocycles. The van der Waals surface area contributed by atoms with Crippen molar-refractivity contribution >= 4 is 17.3 Å². The van der Waals surface area contributed by atoms with Crippen LogP contribution in [0.3, 0.4) is 0 Å². The van der Waals surface area contributed by atoms with E-state index >= 15 is 0 Å². The minimum Gasteiger partial charge on any atom is -0.381 e. The standard InChI is InChI=1S/C15H22ClN/c1-10-6-5-9-13(14(10)16)17-15-11(2)7-4-8-12(15)3/h5-6,9,11-12,15,17H,4,7-8H2,1-3H3. The Morgan fingerprint density at radius 1 is 1.18 bits per heavy atom. The fourth-order valence-electron chi connectivity index (χ4n) is 2.90. The second-order valence-corrected chi connectivity index (χ2v) is 5.87. The van der Waals surface area contributed by atoms with Crippen molar-refractivity contribution in [3.8, 4) is 0 Å². The summed E-state index contributed by atoms with van der Waals surface area (Å²) in [5.74, 6) is 1.46. The van der Waals surface area contributed by atoms with Crippen molar-refractivity contribution in [1.29, 1.82) is 0 Å². The third-order valence-electron chi connectivity index (χ3n) is 4.06. The highest BCUT2D eigenvalue weighted by Crippen LogP contribution is 2.34. The summed E-state index contributed by atoms with van der Waals surface area (Å²) >= 11 is 6.35. The Bertz CT molecular complexity index is 379. The molecular weight excluding hydrogens is 230 g/mol. The van der Waals surface area contributed by atoms with Crippen LogP contribution in [-0.4, -0.2) is 6.04 Å². The average Bonchev–Trinajstić information content (AvgIpc) is 2.29. The minimum absolute atomic E-state index is 0.558. The normalized spacial score (nSPS) is 29.1. The van der Waals surface area contributed by atoms with Crippen molar-refractivity contribution in [1.82, 2.24) is 0 Å². The van der Waals surface area contributed by atoms with Crippen LogP contribution in [-0.2, 0) is 0 Å². The van der Waals surface area contributed by atoms with Gasteiger partial charge in [0.2, 0.25) is 0 Å². The Morgan fingerprint density at radius 2 is 1.82 bits per heavy atom. The van der Waals surface area contributed by atoms with Gasteiger partial charge < -0.3 is 5.32 Å². The number of hydrogen-bond acceptors (Lipinski definition) is 1. The van der Waals surface area contributed by atoms with Crippen LogP contribution >= 0.6 is 11.6 Å². The van der Waals surface area contributed by atoms with Crippen LogP contribution in [0.1, 0.15) is 38.7 Å². The fraction of sp³-hybridized carbons (Fsp3) is 0.600. The highest BCUT2D eigenvalue weighted by molar-refractivity contribution is 6.34. The molecular formula is C15H22ClN. The molecule has 1 aliphatic rings. The van der Waals surface area contributed by atoms with Gasteiger partial charge in [0.25, 0.3) is 0 Å². The smallest absolute Gasteiger partial charge is 0.0666 e. The quantitative estimate of drug-likeness (QED) is 0.790. The molecule has 1 saturated carbocycles. The maximum absolute atomic E-state index is 6.35. The van der Waals surface area contributed by atoms with E-state index in [2.05, 4.69) is 44.3 Å². The zero-order valence-corrected chi connectivity index (χ0v) is 11.7. The molecule has 1 N–H and O–H groups in total. The number of hydrogen-bond donors (Lipinski definition) is 1. The molecule has 2 rings (SSSR count). The molecule has 0 bridgehead atoms. The molecule has 1 fully saturated rings. The van der Waals surface area contributed by atoms with Gasteiger partial charge in [-0.3, -0.25) is 0 Å². The Kier molecular flexibility index (Phi) is 3.98. The van der Waals surface area contributed by atoms with Crippen LogP contribution in [0.5, 0.6) is 0 Å². The number of nitrogens with one attached hydrogen (secondary N) is 1. The summed E-state index contributed by atoms with van der Waals surface area (Å²) in [6.07, 6.45) is 4.01. The van der Waals surface area contributed by atoms with Crippen LogP contribution in [0.25, 0.3) is 0 Å². The van der Waals surface area contributed by atoms with E-state index < -0.39 is 0 Å². The predicted octanol–water partition coefficient (Wildman–Crippen LogP) is 4.89. The first kappa shape index (κ1) is 12.8. The number of rotatable bonds is 2. The Hall–Kier alpha value is -0.690. The van der Waals surface area contributed by atoms with E-state index in [1.165, 1.54) is 19.3 Å². The van der Waals surface area contributed by atoms with Gasteiger partial charge in [-0.1, -0.05) is 44.0 Å². The SMILES string of the molecule is Cc1cccc(NC2C(C)CCCC2C)c1Cl. The number of benzene rings is 1. The average molecular weight is 252 g/mol. The van der Waals surface area contributed by atoms with E-state index in [1.807, 2.05) is 0 Å². The van der Waals surface area contributed by atoms with Crippen LogP contribution in [0.15, 0.2) is 18.2 Å². The van der Waals surface area contributed by atoms with Gasteiger partial charge in [0.05, 0.1) is 10.7 Å². The van der Waals surface area contributed by atoms with Gasteiger partial charge in [0.1, 0.15) is 0 Å². The van der Waals surface area contributed by atoms with Gasteiger partial charge in [0, 0.05) is 6.04 Å². The summed E-state index contributed by atoms with van der Waals surface area (Å²) in [5, 5.41) is 4.53. The first-order valence-corrected chi connectivity index (χ1v) is 6.99. The molecule has 0 saturated heterocycles. The van der Waals surface area contributed by atoms with Crippen molar-refractivity contribution in [2.24, 2.45) is 11.8 Å². The van der Waals surface area contributed by atoms with E-state index in [0.29, 0.717) is 6.04 Å². The Balaban J connectivity index is 2.16. The molecule has 0 amide bonds. The highest BCUT2D eigenvalue weighted by Gasteiger charge is 2.27.